The van der Waals surface area contributed by atoms with Crippen LogP contribution in [0.25, 0.3) is 0 Å². The fourth-order valence-electron chi connectivity index (χ4n) is 1.75. The van der Waals surface area contributed by atoms with Crippen LogP contribution in [0.5, 0.6) is 0 Å². The van der Waals surface area contributed by atoms with E-state index in [1.54, 1.807) is 6.92 Å². The van der Waals surface area contributed by atoms with Crippen molar-refractivity contribution in [2.45, 2.75) is 19.9 Å². The van der Waals surface area contributed by atoms with Crippen LogP contribution >= 0.6 is 12.2 Å². The predicted molar refractivity (Wildman–Crippen MR) is 71.0 cm³/mol. The number of ether oxygens (including phenoxy) is 1. The van der Waals surface area contributed by atoms with Crippen LogP contribution in [0.3, 0.4) is 0 Å². The average molecular weight is 273 g/mol. The second-order valence-electron chi connectivity index (χ2n) is 4.14. The van der Waals surface area contributed by atoms with Gasteiger partial charge in [0, 0.05) is 13.1 Å². The van der Waals surface area contributed by atoms with Gasteiger partial charge in [0.2, 0.25) is 11.8 Å². The van der Waals surface area contributed by atoms with Gasteiger partial charge in [-0.2, -0.15) is 0 Å². The number of nitrogens with two attached hydrogens (primary N) is 1. The maximum absolute atomic E-state index is 12.2. The van der Waals surface area contributed by atoms with Gasteiger partial charge in [-0.05, 0) is 13.8 Å². The van der Waals surface area contributed by atoms with E-state index >= 15 is 0 Å². The van der Waals surface area contributed by atoms with Crippen molar-refractivity contribution < 1.29 is 14.3 Å². The number of amides is 2. The topological polar surface area (TPSA) is 84.7 Å². The van der Waals surface area contributed by atoms with E-state index in [0.29, 0.717) is 19.7 Å². The van der Waals surface area contributed by atoms with Gasteiger partial charge in [-0.1, -0.05) is 12.2 Å². The number of nitrogens with one attached hydrogen (secondary N) is 1. The van der Waals surface area contributed by atoms with E-state index in [-0.39, 0.29) is 23.4 Å². The molecule has 0 bridgehead atoms. The summed E-state index contributed by atoms with van der Waals surface area (Å²) in [4.78, 5) is 25.7. The molecule has 0 aromatic rings. The Balaban J connectivity index is 2.79. The Morgan fingerprint density at radius 1 is 1.61 bits per heavy atom. The van der Waals surface area contributed by atoms with Gasteiger partial charge in [-0.15, -0.1) is 0 Å². The highest BCUT2D eigenvalue weighted by Gasteiger charge is 2.35. The summed E-state index contributed by atoms with van der Waals surface area (Å²) in [6, 6.07) is -0.594. The normalized spacial score (nSPS) is 21.2. The Morgan fingerprint density at radius 3 is 2.83 bits per heavy atom. The van der Waals surface area contributed by atoms with Crippen molar-refractivity contribution in [3.05, 3.63) is 0 Å². The summed E-state index contributed by atoms with van der Waals surface area (Å²) < 4.78 is 5.25. The summed E-state index contributed by atoms with van der Waals surface area (Å²) in [5.41, 5.74) is 5.48. The monoisotopic (exact) mass is 273 g/mol. The second-order valence-corrected chi connectivity index (χ2v) is 4.61. The summed E-state index contributed by atoms with van der Waals surface area (Å²) >= 11 is 4.82. The Morgan fingerprint density at radius 2 is 2.28 bits per heavy atom. The average Bonchev–Trinajstić information content (AvgIpc) is 2.37. The lowest BCUT2D eigenvalue weighted by Gasteiger charge is -2.35. The Kier molecular flexibility index (Phi) is 5.49. The van der Waals surface area contributed by atoms with E-state index in [1.807, 2.05) is 6.92 Å². The maximum Gasteiger partial charge on any atom is 0.245 e. The molecule has 0 aromatic carbocycles. The van der Waals surface area contributed by atoms with Crippen LogP contribution in [0.15, 0.2) is 0 Å². The third-order valence-electron chi connectivity index (χ3n) is 2.86. The SMILES string of the molecule is CCNC(=O)C1COCCN1C(=O)C(C)C(N)=S. The Bertz CT molecular complexity index is 348. The van der Waals surface area contributed by atoms with Gasteiger partial charge in [-0.25, -0.2) is 0 Å². The van der Waals surface area contributed by atoms with Gasteiger partial charge in [0.05, 0.1) is 24.1 Å². The molecular weight excluding hydrogens is 254 g/mol. The maximum atomic E-state index is 12.2. The molecule has 7 heteroatoms. The van der Waals surface area contributed by atoms with Crippen molar-refractivity contribution in [2.24, 2.45) is 11.7 Å². The zero-order valence-corrected chi connectivity index (χ0v) is 11.5. The van der Waals surface area contributed by atoms with Gasteiger partial charge in [0.15, 0.2) is 0 Å². The van der Waals surface area contributed by atoms with E-state index in [2.05, 4.69) is 5.32 Å². The molecule has 1 rings (SSSR count). The summed E-state index contributed by atoms with van der Waals surface area (Å²) in [6.07, 6.45) is 0. The molecule has 0 saturated carbocycles. The number of morpholine rings is 1. The minimum Gasteiger partial charge on any atom is -0.393 e. The third-order valence-corrected chi connectivity index (χ3v) is 3.22. The largest absolute Gasteiger partial charge is 0.393 e. The fourth-order valence-corrected chi connectivity index (χ4v) is 1.85. The lowest BCUT2D eigenvalue weighted by molar-refractivity contribution is -0.149. The number of rotatable bonds is 4. The second kappa shape index (κ2) is 6.65. The molecule has 1 aliphatic heterocycles. The van der Waals surface area contributed by atoms with E-state index in [9.17, 15) is 9.59 Å². The van der Waals surface area contributed by atoms with Crippen molar-refractivity contribution in [1.82, 2.24) is 10.2 Å². The van der Waals surface area contributed by atoms with Crippen LogP contribution in [0.1, 0.15) is 13.8 Å². The molecule has 3 N–H and O–H groups in total. The van der Waals surface area contributed by atoms with Crippen LogP contribution in [0, 0.1) is 5.92 Å². The van der Waals surface area contributed by atoms with Crippen LogP contribution in [0.4, 0.5) is 0 Å². The minimum atomic E-state index is -0.594. The van der Waals surface area contributed by atoms with Crippen LogP contribution in [-0.4, -0.2) is 54.0 Å². The van der Waals surface area contributed by atoms with E-state index in [4.69, 9.17) is 22.7 Å². The first-order valence-electron chi connectivity index (χ1n) is 5.94. The number of carbonyl (C=O) groups is 2. The van der Waals surface area contributed by atoms with Gasteiger partial charge < -0.3 is 20.7 Å². The molecular formula is C11H19N3O3S. The zero-order chi connectivity index (χ0) is 13.7. The van der Waals surface area contributed by atoms with E-state index in [0.717, 1.165) is 0 Å². The molecule has 1 saturated heterocycles. The molecule has 102 valence electrons. The van der Waals surface area contributed by atoms with Gasteiger partial charge >= 0.3 is 0 Å². The number of carbonyl (C=O) groups excluding carboxylic acids is 2. The van der Waals surface area contributed by atoms with Crippen molar-refractivity contribution in [3.63, 3.8) is 0 Å². The lowest BCUT2D eigenvalue weighted by atomic mass is 10.1. The molecule has 6 nitrogen and oxygen atoms in total. The van der Waals surface area contributed by atoms with Crippen LogP contribution in [-0.2, 0) is 14.3 Å². The minimum absolute atomic E-state index is 0.140. The van der Waals surface area contributed by atoms with Crippen molar-refractivity contribution in [1.29, 1.82) is 0 Å². The Hall–Kier alpha value is -1.21. The number of nitrogens with zero attached hydrogens (tertiary/aromatic N) is 1. The van der Waals surface area contributed by atoms with Crippen LogP contribution in [0.2, 0.25) is 0 Å². The van der Waals surface area contributed by atoms with Crippen molar-refractivity contribution in [2.75, 3.05) is 26.3 Å². The summed E-state index contributed by atoms with van der Waals surface area (Å²) in [5.74, 6) is -0.988. The first-order chi connectivity index (χ1) is 8.49. The summed E-state index contributed by atoms with van der Waals surface area (Å²) in [5, 5.41) is 2.69. The molecule has 1 fully saturated rings. The van der Waals surface area contributed by atoms with Crippen LogP contribution < -0.4 is 11.1 Å². The van der Waals surface area contributed by atoms with Gasteiger partial charge in [0.1, 0.15) is 6.04 Å². The summed E-state index contributed by atoms with van der Waals surface area (Å²) in [7, 11) is 0. The molecule has 1 heterocycles. The molecule has 0 aliphatic carbocycles. The Labute approximate surface area is 112 Å². The van der Waals surface area contributed by atoms with E-state index in [1.165, 1.54) is 4.90 Å². The molecule has 1 aliphatic rings. The fraction of sp³-hybridized carbons (Fsp3) is 0.727. The number of hydrogen-bond donors (Lipinski definition) is 2. The van der Waals surface area contributed by atoms with Gasteiger partial charge in [0.25, 0.3) is 0 Å². The highest BCUT2D eigenvalue weighted by molar-refractivity contribution is 7.80. The standard InChI is InChI=1S/C11H19N3O3S/c1-3-13-10(15)8-6-17-5-4-14(8)11(16)7(2)9(12)18/h7-8H,3-6H2,1-2H3,(H2,12,18)(H,13,15). The number of likely N-dealkylation sites (N-methyl/N-ethyl adjacent to an activating group) is 1. The van der Waals surface area contributed by atoms with Crippen molar-refractivity contribution >= 4 is 29.0 Å². The molecule has 2 unspecified atom stereocenters. The third kappa shape index (κ3) is 3.39. The summed E-state index contributed by atoms with van der Waals surface area (Å²) in [6.45, 7) is 5.00. The molecule has 0 radical (unpaired) electrons. The smallest absolute Gasteiger partial charge is 0.245 e. The number of hydrogen-bond acceptors (Lipinski definition) is 4. The van der Waals surface area contributed by atoms with Gasteiger partial charge in [-0.3, -0.25) is 9.59 Å². The van der Waals surface area contributed by atoms with E-state index < -0.39 is 12.0 Å². The first-order valence-corrected chi connectivity index (χ1v) is 6.35. The molecule has 2 amide bonds. The molecule has 18 heavy (non-hydrogen) atoms. The number of thiocarbonyl (C=S) groups is 1. The van der Waals surface area contributed by atoms with Crippen molar-refractivity contribution in [3.8, 4) is 0 Å². The first kappa shape index (κ1) is 14.8. The molecule has 2 atom stereocenters. The molecule has 0 spiro atoms. The molecule has 0 aromatic heterocycles. The highest BCUT2D eigenvalue weighted by atomic mass is 32.1. The highest BCUT2D eigenvalue weighted by Crippen LogP contribution is 2.12. The lowest BCUT2D eigenvalue weighted by Crippen LogP contribution is -2.57. The predicted octanol–water partition coefficient (Wildman–Crippen LogP) is -0.728. The quantitative estimate of drug-likeness (QED) is 0.660. The zero-order valence-electron chi connectivity index (χ0n) is 10.6.